The predicted octanol–water partition coefficient (Wildman–Crippen LogP) is 4.10. The molecule has 0 spiro atoms. The lowest BCUT2D eigenvalue weighted by Gasteiger charge is -2.13. The molecule has 0 atom stereocenters. The Labute approximate surface area is 164 Å². The zero-order chi connectivity index (χ0) is 20.1. The molecule has 0 aliphatic rings. The SMILES string of the molecule is O=C(Nc1ccc([N+](=O)[O-])cc1)Nc1ccccc1NS(=O)(=O)c1cccs1. The Morgan fingerprint density at radius 3 is 2.21 bits per heavy atom. The lowest BCUT2D eigenvalue weighted by Crippen LogP contribution is -2.21. The number of nitro benzene ring substituents is 1. The van der Waals surface area contributed by atoms with Crippen molar-refractivity contribution in [3.8, 4) is 0 Å². The summed E-state index contributed by atoms with van der Waals surface area (Å²) in [6.07, 6.45) is 0. The molecule has 3 rings (SSSR count). The number of hydrogen-bond donors (Lipinski definition) is 3. The monoisotopic (exact) mass is 418 g/mol. The van der Waals surface area contributed by atoms with Crippen LogP contribution in [0, 0.1) is 10.1 Å². The average Bonchev–Trinajstić information content (AvgIpc) is 3.19. The lowest BCUT2D eigenvalue weighted by atomic mass is 10.2. The minimum absolute atomic E-state index is 0.0979. The molecule has 0 fully saturated rings. The van der Waals surface area contributed by atoms with E-state index >= 15 is 0 Å². The summed E-state index contributed by atoms with van der Waals surface area (Å²) in [5.74, 6) is 0. The first-order valence-electron chi connectivity index (χ1n) is 7.83. The fourth-order valence-electron chi connectivity index (χ4n) is 2.24. The summed E-state index contributed by atoms with van der Waals surface area (Å²) in [5, 5.41) is 17.4. The van der Waals surface area contributed by atoms with E-state index in [1.807, 2.05) is 0 Å². The number of nitro groups is 1. The number of rotatable bonds is 6. The number of thiophene rings is 1. The van der Waals surface area contributed by atoms with Gasteiger partial charge in [-0.15, -0.1) is 11.3 Å². The molecule has 3 aromatic rings. The fourth-order valence-corrected chi connectivity index (χ4v) is 4.32. The van der Waals surface area contributed by atoms with Gasteiger partial charge in [0, 0.05) is 17.8 Å². The highest BCUT2D eigenvalue weighted by molar-refractivity contribution is 7.94. The zero-order valence-corrected chi connectivity index (χ0v) is 15.8. The molecule has 0 saturated heterocycles. The number of carbonyl (C=O) groups excluding carboxylic acids is 1. The van der Waals surface area contributed by atoms with Crippen LogP contribution in [0.3, 0.4) is 0 Å². The summed E-state index contributed by atoms with van der Waals surface area (Å²) in [7, 11) is -3.77. The fraction of sp³-hybridized carbons (Fsp3) is 0. The van der Waals surface area contributed by atoms with Crippen LogP contribution in [0.5, 0.6) is 0 Å². The number of carbonyl (C=O) groups is 1. The number of non-ortho nitro benzene ring substituents is 1. The molecule has 0 unspecified atom stereocenters. The standard InChI is InChI=1S/C17H14N4O5S2/c22-17(18-12-7-9-13(10-8-12)21(23)24)19-14-4-1-2-5-15(14)20-28(25,26)16-6-3-11-27-16/h1-11,20H,(H2,18,19,22). The highest BCUT2D eigenvalue weighted by Gasteiger charge is 2.17. The van der Waals surface area contributed by atoms with Gasteiger partial charge in [0.05, 0.1) is 16.3 Å². The van der Waals surface area contributed by atoms with Crippen LogP contribution in [-0.4, -0.2) is 19.4 Å². The molecule has 0 saturated carbocycles. The third kappa shape index (κ3) is 4.64. The van der Waals surface area contributed by atoms with Crippen LogP contribution in [0.4, 0.5) is 27.5 Å². The number of nitrogens with one attached hydrogen (secondary N) is 3. The van der Waals surface area contributed by atoms with Gasteiger partial charge in [-0.3, -0.25) is 14.8 Å². The van der Waals surface area contributed by atoms with Crippen LogP contribution < -0.4 is 15.4 Å². The molecule has 2 amide bonds. The third-order valence-corrected chi connectivity index (χ3v) is 6.28. The van der Waals surface area contributed by atoms with Gasteiger partial charge in [-0.25, -0.2) is 13.2 Å². The van der Waals surface area contributed by atoms with Crippen molar-refractivity contribution in [1.29, 1.82) is 0 Å². The van der Waals surface area contributed by atoms with Crippen molar-refractivity contribution in [2.24, 2.45) is 0 Å². The maximum absolute atomic E-state index is 12.4. The number of benzene rings is 2. The number of nitrogens with zero attached hydrogens (tertiary/aromatic N) is 1. The van der Waals surface area contributed by atoms with Crippen LogP contribution in [0.15, 0.2) is 70.3 Å². The highest BCUT2D eigenvalue weighted by atomic mass is 32.2. The van der Waals surface area contributed by atoms with Crippen molar-refractivity contribution >= 4 is 50.1 Å². The summed E-state index contributed by atoms with van der Waals surface area (Å²) in [4.78, 5) is 22.3. The van der Waals surface area contributed by atoms with E-state index in [1.54, 1.807) is 29.6 Å². The van der Waals surface area contributed by atoms with Gasteiger partial charge in [0.15, 0.2) is 0 Å². The molecule has 0 radical (unpaired) electrons. The quantitative estimate of drug-likeness (QED) is 0.410. The summed E-state index contributed by atoms with van der Waals surface area (Å²) < 4.78 is 27.4. The molecule has 28 heavy (non-hydrogen) atoms. The van der Waals surface area contributed by atoms with Gasteiger partial charge in [0.1, 0.15) is 4.21 Å². The molecular weight excluding hydrogens is 404 g/mol. The van der Waals surface area contributed by atoms with Gasteiger partial charge >= 0.3 is 6.03 Å². The van der Waals surface area contributed by atoms with E-state index in [0.717, 1.165) is 11.3 Å². The second kappa shape index (κ2) is 8.06. The molecule has 11 heteroatoms. The van der Waals surface area contributed by atoms with Crippen LogP contribution in [-0.2, 0) is 10.0 Å². The Kier molecular flexibility index (Phi) is 5.57. The molecule has 0 aliphatic heterocycles. The number of hydrogen-bond acceptors (Lipinski definition) is 6. The first-order valence-corrected chi connectivity index (χ1v) is 10.2. The second-order valence-electron chi connectivity index (χ2n) is 5.47. The smallest absolute Gasteiger partial charge is 0.308 e. The van der Waals surface area contributed by atoms with Gasteiger partial charge < -0.3 is 10.6 Å². The van der Waals surface area contributed by atoms with E-state index in [9.17, 15) is 23.3 Å². The Morgan fingerprint density at radius 2 is 1.61 bits per heavy atom. The van der Waals surface area contributed by atoms with Crippen molar-refractivity contribution in [3.63, 3.8) is 0 Å². The molecule has 0 bridgehead atoms. The number of anilines is 3. The lowest BCUT2D eigenvalue weighted by molar-refractivity contribution is -0.384. The van der Waals surface area contributed by atoms with Gasteiger partial charge in [0.25, 0.3) is 15.7 Å². The van der Waals surface area contributed by atoms with Crippen LogP contribution in [0.1, 0.15) is 0 Å². The largest absolute Gasteiger partial charge is 0.323 e. The number of para-hydroxylation sites is 2. The summed E-state index contributed by atoms with van der Waals surface area (Å²) in [6.45, 7) is 0. The number of amides is 2. The van der Waals surface area contributed by atoms with E-state index in [1.165, 1.54) is 36.4 Å². The van der Waals surface area contributed by atoms with Crippen molar-refractivity contribution in [3.05, 3.63) is 76.2 Å². The minimum Gasteiger partial charge on any atom is -0.308 e. The van der Waals surface area contributed by atoms with Gasteiger partial charge in [-0.2, -0.15) is 0 Å². The van der Waals surface area contributed by atoms with Crippen LogP contribution in [0.25, 0.3) is 0 Å². The second-order valence-corrected chi connectivity index (χ2v) is 8.32. The molecule has 144 valence electrons. The molecular formula is C17H14N4O5S2. The highest BCUT2D eigenvalue weighted by Crippen LogP contribution is 2.26. The zero-order valence-electron chi connectivity index (χ0n) is 14.2. The molecule has 3 N–H and O–H groups in total. The average molecular weight is 418 g/mol. The van der Waals surface area contributed by atoms with Crippen molar-refractivity contribution in [1.82, 2.24) is 0 Å². The molecule has 2 aromatic carbocycles. The Hall–Kier alpha value is -3.44. The van der Waals surface area contributed by atoms with Crippen molar-refractivity contribution in [2.75, 3.05) is 15.4 Å². The van der Waals surface area contributed by atoms with Gasteiger partial charge in [-0.05, 0) is 35.7 Å². The Bertz CT molecular complexity index is 1100. The van der Waals surface area contributed by atoms with E-state index in [0.29, 0.717) is 5.69 Å². The van der Waals surface area contributed by atoms with E-state index < -0.39 is 21.0 Å². The summed E-state index contributed by atoms with van der Waals surface area (Å²) in [5.41, 5.74) is 0.704. The van der Waals surface area contributed by atoms with E-state index in [4.69, 9.17) is 0 Å². The Balaban J connectivity index is 1.72. The van der Waals surface area contributed by atoms with Gasteiger partial charge in [-0.1, -0.05) is 18.2 Å². The predicted molar refractivity (Wildman–Crippen MR) is 107 cm³/mol. The molecule has 1 heterocycles. The molecule has 0 aliphatic carbocycles. The number of urea groups is 1. The summed E-state index contributed by atoms with van der Waals surface area (Å²) >= 11 is 1.08. The molecule has 1 aromatic heterocycles. The first kappa shape index (κ1) is 19.3. The van der Waals surface area contributed by atoms with Crippen molar-refractivity contribution in [2.45, 2.75) is 4.21 Å². The first-order chi connectivity index (χ1) is 13.3. The van der Waals surface area contributed by atoms with Crippen LogP contribution >= 0.6 is 11.3 Å². The minimum atomic E-state index is -3.77. The normalized spacial score (nSPS) is 10.9. The summed E-state index contributed by atoms with van der Waals surface area (Å²) in [6, 6.07) is 14.1. The van der Waals surface area contributed by atoms with E-state index in [-0.39, 0.29) is 21.3 Å². The van der Waals surface area contributed by atoms with E-state index in [2.05, 4.69) is 15.4 Å². The van der Waals surface area contributed by atoms with Gasteiger partial charge in [0.2, 0.25) is 0 Å². The maximum atomic E-state index is 12.4. The molecule has 9 nitrogen and oxygen atoms in total. The van der Waals surface area contributed by atoms with Crippen LogP contribution in [0.2, 0.25) is 0 Å². The third-order valence-electron chi connectivity index (χ3n) is 3.52. The Morgan fingerprint density at radius 1 is 0.929 bits per heavy atom. The van der Waals surface area contributed by atoms with Crippen molar-refractivity contribution < 1.29 is 18.1 Å². The topological polar surface area (TPSA) is 130 Å². The maximum Gasteiger partial charge on any atom is 0.323 e. The number of sulfonamides is 1.